The minimum atomic E-state index is -0.204. The Labute approximate surface area is 184 Å². The molecule has 5 rings (SSSR count). The minimum absolute atomic E-state index is 0.0844. The Kier molecular flexibility index (Phi) is 4.98. The van der Waals surface area contributed by atoms with Crippen LogP contribution >= 0.6 is 11.6 Å². The van der Waals surface area contributed by atoms with Gasteiger partial charge in [0.2, 0.25) is 5.89 Å². The SMILES string of the molecule is Cc1cc(C(=O)N2CCC[C@H]2c2ncc(Cc3cccc(Cl)c3)o2)c2c(C)noc2n1. The number of rotatable bonds is 4. The lowest BCUT2D eigenvalue weighted by Gasteiger charge is -2.22. The van der Waals surface area contributed by atoms with Crippen LogP contribution < -0.4 is 0 Å². The van der Waals surface area contributed by atoms with E-state index in [9.17, 15) is 4.79 Å². The van der Waals surface area contributed by atoms with E-state index < -0.39 is 0 Å². The molecule has 3 aromatic heterocycles. The van der Waals surface area contributed by atoms with E-state index in [2.05, 4.69) is 15.1 Å². The number of aromatic nitrogens is 3. The molecule has 0 radical (unpaired) electrons. The largest absolute Gasteiger partial charge is 0.443 e. The second kappa shape index (κ2) is 7.81. The summed E-state index contributed by atoms with van der Waals surface area (Å²) in [6, 6.07) is 9.25. The molecule has 1 aliphatic rings. The van der Waals surface area contributed by atoms with E-state index in [1.54, 1.807) is 12.3 Å². The summed E-state index contributed by atoms with van der Waals surface area (Å²) < 4.78 is 11.3. The third-order valence-corrected chi connectivity index (χ3v) is 5.85. The molecular weight excluding hydrogens is 416 g/mol. The first-order valence-corrected chi connectivity index (χ1v) is 10.6. The van der Waals surface area contributed by atoms with Gasteiger partial charge < -0.3 is 13.8 Å². The van der Waals surface area contributed by atoms with E-state index in [0.717, 1.165) is 24.2 Å². The fraction of sp³-hybridized carbons (Fsp3) is 0.304. The quantitative estimate of drug-likeness (QED) is 0.445. The van der Waals surface area contributed by atoms with Crippen molar-refractivity contribution in [1.82, 2.24) is 20.0 Å². The van der Waals surface area contributed by atoms with Gasteiger partial charge in [0.1, 0.15) is 11.8 Å². The number of nitrogens with zero attached hydrogens (tertiary/aromatic N) is 4. The Morgan fingerprint density at radius 2 is 2.16 bits per heavy atom. The summed E-state index contributed by atoms with van der Waals surface area (Å²) in [7, 11) is 0. The van der Waals surface area contributed by atoms with Crippen molar-refractivity contribution in [2.75, 3.05) is 6.54 Å². The standard InChI is InChI=1S/C23H21ClN4O3/c1-13-9-18(20-14(2)27-31-22(20)26-13)23(29)28-8-4-7-19(28)21-25-12-17(30-21)11-15-5-3-6-16(24)10-15/h3,5-6,9-10,12,19H,4,7-8,11H2,1-2H3/t19-/m0/s1. The molecule has 4 aromatic rings. The number of hydrogen-bond acceptors (Lipinski definition) is 6. The highest BCUT2D eigenvalue weighted by Gasteiger charge is 2.35. The highest BCUT2D eigenvalue weighted by atomic mass is 35.5. The van der Waals surface area contributed by atoms with Crippen LogP contribution in [0.3, 0.4) is 0 Å². The van der Waals surface area contributed by atoms with Crippen LogP contribution in [0.5, 0.6) is 0 Å². The minimum Gasteiger partial charge on any atom is -0.443 e. The van der Waals surface area contributed by atoms with Gasteiger partial charge in [-0.2, -0.15) is 0 Å². The Hall–Kier alpha value is -3.19. The summed E-state index contributed by atoms with van der Waals surface area (Å²) in [6.45, 7) is 4.30. The summed E-state index contributed by atoms with van der Waals surface area (Å²) in [5.74, 6) is 1.22. The Bertz CT molecular complexity index is 1280. The smallest absolute Gasteiger partial charge is 0.258 e. The zero-order valence-corrected chi connectivity index (χ0v) is 18.0. The number of hydrogen-bond donors (Lipinski definition) is 0. The number of fused-ring (bicyclic) bond motifs is 1. The number of oxazole rings is 1. The number of aryl methyl sites for hydroxylation is 2. The first-order valence-electron chi connectivity index (χ1n) is 10.2. The van der Waals surface area contributed by atoms with E-state index in [4.69, 9.17) is 20.5 Å². The van der Waals surface area contributed by atoms with Crippen molar-refractivity contribution in [3.8, 4) is 0 Å². The zero-order chi connectivity index (χ0) is 21.5. The molecule has 8 heteroatoms. The predicted octanol–water partition coefficient (Wildman–Crippen LogP) is 5.05. The van der Waals surface area contributed by atoms with Crippen LogP contribution in [-0.2, 0) is 6.42 Å². The lowest BCUT2D eigenvalue weighted by molar-refractivity contribution is 0.0716. The third kappa shape index (κ3) is 3.70. The molecule has 0 aliphatic carbocycles. The average molecular weight is 437 g/mol. The van der Waals surface area contributed by atoms with Crippen molar-refractivity contribution >= 4 is 28.6 Å². The molecule has 158 valence electrons. The van der Waals surface area contributed by atoms with Crippen LogP contribution in [0.4, 0.5) is 0 Å². The van der Waals surface area contributed by atoms with Crippen LogP contribution in [0.1, 0.15) is 57.8 Å². The zero-order valence-electron chi connectivity index (χ0n) is 17.3. The van der Waals surface area contributed by atoms with Crippen molar-refractivity contribution in [1.29, 1.82) is 0 Å². The molecule has 0 bridgehead atoms. The summed E-state index contributed by atoms with van der Waals surface area (Å²) in [5.41, 5.74) is 3.35. The lowest BCUT2D eigenvalue weighted by Crippen LogP contribution is -2.31. The van der Waals surface area contributed by atoms with Gasteiger partial charge in [-0.3, -0.25) is 4.79 Å². The third-order valence-electron chi connectivity index (χ3n) is 5.61. The molecule has 1 saturated heterocycles. The van der Waals surface area contributed by atoms with Gasteiger partial charge in [-0.25, -0.2) is 9.97 Å². The van der Waals surface area contributed by atoms with Gasteiger partial charge in [-0.15, -0.1) is 0 Å². The van der Waals surface area contributed by atoms with E-state index in [1.807, 2.05) is 43.0 Å². The number of halogens is 1. The predicted molar refractivity (Wildman–Crippen MR) is 115 cm³/mol. The molecule has 1 aromatic carbocycles. The number of pyridine rings is 1. The van der Waals surface area contributed by atoms with Gasteiger partial charge in [0.05, 0.1) is 22.8 Å². The van der Waals surface area contributed by atoms with Crippen molar-refractivity contribution in [2.24, 2.45) is 0 Å². The molecule has 1 amide bonds. The van der Waals surface area contributed by atoms with Gasteiger partial charge in [0.15, 0.2) is 0 Å². The Morgan fingerprint density at radius 3 is 3.00 bits per heavy atom. The lowest BCUT2D eigenvalue weighted by atomic mass is 10.1. The topological polar surface area (TPSA) is 85.3 Å². The van der Waals surface area contributed by atoms with Crippen molar-refractivity contribution in [3.63, 3.8) is 0 Å². The first kappa shape index (κ1) is 19.8. The van der Waals surface area contributed by atoms with Crippen LogP contribution in [0.25, 0.3) is 11.1 Å². The molecule has 0 unspecified atom stereocenters. The second-order valence-corrected chi connectivity index (χ2v) is 8.32. The molecule has 0 N–H and O–H groups in total. The molecule has 0 saturated carbocycles. The fourth-order valence-corrected chi connectivity index (χ4v) is 4.43. The molecule has 1 fully saturated rings. The molecule has 1 aliphatic heterocycles. The number of carbonyl (C=O) groups is 1. The van der Waals surface area contributed by atoms with Gasteiger partial charge in [-0.05, 0) is 50.5 Å². The fourth-order valence-electron chi connectivity index (χ4n) is 4.21. The van der Waals surface area contributed by atoms with Crippen LogP contribution in [-0.4, -0.2) is 32.5 Å². The first-order chi connectivity index (χ1) is 15.0. The maximum absolute atomic E-state index is 13.5. The Morgan fingerprint density at radius 1 is 1.29 bits per heavy atom. The highest BCUT2D eigenvalue weighted by Crippen LogP contribution is 2.35. The number of amides is 1. The van der Waals surface area contributed by atoms with E-state index in [-0.39, 0.29) is 11.9 Å². The number of carbonyl (C=O) groups excluding carboxylic acids is 1. The van der Waals surface area contributed by atoms with E-state index in [0.29, 0.717) is 51.9 Å². The van der Waals surface area contributed by atoms with Crippen molar-refractivity contribution in [2.45, 2.75) is 39.2 Å². The molecule has 7 nitrogen and oxygen atoms in total. The summed E-state index contributed by atoms with van der Waals surface area (Å²) in [5, 5.41) is 5.33. The monoisotopic (exact) mass is 436 g/mol. The normalized spacial score (nSPS) is 16.4. The molecular formula is C23H21ClN4O3. The van der Waals surface area contributed by atoms with Crippen LogP contribution in [0, 0.1) is 13.8 Å². The van der Waals surface area contributed by atoms with E-state index in [1.165, 1.54) is 0 Å². The molecule has 1 atom stereocenters. The molecule has 4 heterocycles. The van der Waals surface area contributed by atoms with Crippen molar-refractivity contribution in [3.05, 3.63) is 75.7 Å². The van der Waals surface area contributed by atoms with Gasteiger partial charge >= 0.3 is 0 Å². The van der Waals surface area contributed by atoms with Gasteiger partial charge in [0, 0.05) is 23.7 Å². The average Bonchev–Trinajstić information content (AvgIpc) is 3.47. The Balaban J connectivity index is 1.43. The summed E-state index contributed by atoms with van der Waals surface area (Å²) >= 11 is 6.08. The highest BCUT2D eigenvalue weighted by molar-refractivity contribution is 6.30. The van der Waals surface area contributed by atoms with Gasteiger partial charge in [0.25, 0.3) is 11.6 Å². The van der Waals surface area contributed by atoms with Crippen LogP contribution in [0.15, 0.2) is 45.5 Å². The summed E-state index contributed by atoms with van der Waals surface area (Å²) in [4.78, 5) is 24.2. The summed E-state index contributed by atoms with van der Waals surface area (Å²) in [6.07, 6.45) is 4.02. The van der Waals surface area contributed by atoms with Crippen LogP contribution in [0.2, 0.25) is 5.02 Å². The maximum Gasteiger partial charge on any atom is 0.258 e. The van der Waals surface area contributed by atoms with Crippen molar-refractivity contribution < 1.29 is 13.7 Å². The number of benzene rings is 1. The van der Waals surface area contributed by atoms with Gasteiger partial charge in [-0.1, -0.05) is 28.9 Å². The second-order valence-electron chi connectivity index (χ2n) is 7.89. The van der Waals surface area contributed by atoms with E-state index >= 15 is 0 Å². The maximum atomic E-state index is 13.5. The molecule has 0 spiro atoms. The number of likely N-dealkylation sites (tertiary alicyclic amines) is 1. The molecule has 31 heavy (non-hydrogen) atoms.